The van der Waals surface area contributed by atoms with E-state index in [1.807, 2.05) is 5.32 Å². The lowest BCUT2D eigenvalue weighted by atomic mass is 10.2. The Bertz CT molecular complexity index is 777. The summed E-state index contributed by atoms with van der Waals surface area (Å²) >= 11 is 4.88. The number of thiophene rings is 1. The summed E-state index contributed by atoms with van der Waals surface area (Å²) in [7, 11) is 0. The molecule has 0 aliphatic rings. The van der Waals surface area contributed by atoms with Crippen molar-refractivity contribution in [2.24, 2.45) is 5.73 Å². The molecule has 3 amide bonds. The van der Waals surface area contributed by atoms with E-state index in [4.69, 9.17) is 10.5 Å². The van der Waals surface area contributed by atoms with Gasteiger partial charge in [0, 0.05) is 0 Å². The first-order valence-corrected chi connectivity index (χ1v) is 8.31. The highest BCUT2D eigenvalue weighted by Crippen LogP contribution is 2.23. The number of nitrogens with two attached hydrogens (primary N) is 1. The second-order valence-corrected chi connectivity index (χ2v) is 6.23. The molecule has 7 nitrogen and oxygen atoms in total. The van der Waals surface area contributed by atoms with E-state index in [1.54, 1.807) is 5.38 Å². The number of halogens is 1. The Balaban J connectivity index is 1.91. The number of hydrogen-bond acceptors (Lipinski definition) is 7. The van der Waals surface area contributed by atoms with Crippen LogP contribution in [0.2, 0.25) is 0 Å². The maximum atomic E-state index is 12.8. The topological polar surface area (TPSA) is 111 Å². The Morgan fingerprint density at radius 2 is 1.92 bits per heavy atom. The third kappa shape index (κ3) is 5.55. The number of benzene rings is 1. The summed E-state index contributed by atoms with van der Waals surface area (Å²) < 4.78 is 17.7. The molecule has 0 aliphatic carbocycles. The lowest BCUT2D eigenvalue weighted by molar-refractivity contribution is -0.115. The summed E-state index contributed by atoms with van der Waals surface area (Å²) in [5.41, 5.74) is 5.98. The smallest absolute Gasteiger partial charge is 0.414 e. The van der Waals surface area contributed by atoms with E-state index in [0.29, 0.717) is 5.56 Å². The zero-order valence-electron chi connectivity index (χ0n) is 12.7. The van der Waals surface area contributed by atoms with Gasteiger partial charge in [-0.25, -0.2) is 9.18 Å². The average Bonchev–Trinajstić information content (AvgIpc) is 3.02. The maximum Gasteiger partial charge on any atom is 0.414 e. The Morgan fingerprint density at radius 1 is 1.24 bits per heavy atom. The molecule has 10 heteroatoms. The fourth-order valence-corrected chi connectivity index (χ4v) is 2.55. The second kappa shape index (κ2) is 8.60. The number of amides is 3. The third-order valence-electron chi connectivity index (χ3n) is 2.91. The summed E-state index contributed by atoms with van der Waals surface area (Å²) in [5.74, 6) is -1.73. The van der Waals surface area contributed by atoms with E-state index in [2.05, 4.69) is 17.9 Å². The molecule has 132 valence electrons. The Kier molecular flexibility index (Phi) is 6.51. The number of hydrogen-bond donors (Lipinski definition) is 4. The van der Waals surface area contributed by atoms with Crippen LogP contribution in [0.3, 0.4) is 0 Å². The number of carbonyl (C=O) groups is 3. The van der Waals surface area contributed by atoms with Crippen LogP contribution >= 0.6 is 24.0 Å². The largest absolute Gasteiger partial charge is 0.444 e. The quantitative estimate of drug-likeness (QED) is 0.467. The molecular formula is C15H14FN3O4S2. The molecule has 1 aromatic carbocycles. The van der Waals surface area contributed by atoms with E-state index >= 15 is 0 Å². The minimum absolute atomic E-state index is 0.0889. The fourth-order valence-electron chi connectivity index (χ4n) is 1.70. The molecule has 0 saturated heterocycles. The predicted molar refractivity (Wildman–Crippen MR) is 94.0 cm³/mol. The number of imide groups is 1. The normalized spacial score (nSPS) is 11.5. The maximum absolute atomic E-state index is 12.8. The van der Waals surface area contributed by atoms with Crippen molar-refractivity contribution in [3.05, 3.63) is 52.7 Å². The van der Waals surface area contributed by atoms with Gasteiger partial charge in [-0.1, -0.05) is 12.1 Å². The Labute approximate surface area is 151 Å². The van der Waals surface area contributed by atoms with Gasteiger partial charge in [0.1, 0.15) is 22.8 Å². The van der Waals surface area contributed by atoms with Crippen molar-refractivity contribution in [3.8, 4) is 0 Å². The molecule has 1 unspecified atom stereocenters. The van der Waals surface area contributed by atoms with Crippen LogP contribution in [-0.4, -0.2) is 23.3 Å². The van der Waals surface area contributed by atoms with Gasteiger partial charge in [0.2, 0.25) is 0 Å². The second-order valence-electron chi connectivity index (χ2n) is 4.75. The van der Waals surface area contributed by atoms with Crippen LogP contribution in [0.4, 0.5) is 14.2 Å². The molecule has 4 N–H and O–H groups in total. The molecule has 2 rings (SSSR count). The Hall–Kier alpha value is -2.43. The van der Waals surface area contributed by atoms with Crippen molar-refractivity contribution >= 4 is 46.9 Å². The van der Waals surface area contributed by atoms with Gasteiger partial charge in [-0.15, -0.1) is 11.3 Å². The monoisotopic (exact) mass is 383 g/mol. The van der Waals surface area contributed by atoms with E-state index in [0.717, 1.165) is 11.3 Å². The van der Waals surface area contributed by atoms with Gasteiger partial charge in [-0.05, 0) is 29.1 Å². The minimum atomic E-state index is -1.04. The van der Waals surface area contributed by atoms with Crippen LogP contribution in [0.15, 0.2) is 35.7 Å². The van der Waals surface area contributed by atoms with Gasteiger partial charge in [-0.2, -0.15) is 12.6 Å². The number of anilines is 1. The van der Waals surface area contributed by atoms with E-state index in [1.165, 1.54) is 30.3 Å². The van der Waals surface area contributed by atoms with Crippen molar-refractivity contribution in [3.63, 3.8) is 0 Å². The number of ether oxygens (including phenoxy) is 1. The van der Waals surface area contributed by atoms with E-state index in [9.17, 15) is 18.8 Å². The highest BCUT2D eigenvalue weighted by atomic mass is 32.1. The van der Waals surface area contributed by atoms with Gasteiger partial charge < -0.3 is 15.8 Å². The molecule has 1 heterocycles. The first kappa shape index (κ1) is 18.9. The molecule has 1 atom stereocenters. The van der Waals surface area contributed by atoms with E-state index in [-0.39, 0.29) is 17.2 Å². The third-order valence-corrected chi connectivity index (χ3v) is 3.98. The molecule has 2 aromatic rings. The summed E-state index contributed by atoms with van der Waals surface area (Å²) in [6.45, 7) is -0.124. The van der Waals surface area contributed by atoms with Crippen molar-refractivity contribution in [1.82, 2.24) is 5.32 Å². The summed E-state index contributed by atoms with van der Waals surface area (Å²) in [4.78, 5) is 35.3. The molecule has 0 bridgehead atoms. The SMILES string of the molecule is NC(S)C(=O)Nc1sccc1C(=O)NC(=O)OCc1ccc(F)cc1. The van der Waals surface area contributed by atoms with Gasteiger partial charge in [-0.3, -0.25) is 14.9 Å². The summed E-state index contributed by atoms with van der Waals surface area (Å²) in [6, 6.07) is 6.81. The zero-order valence-corrected chi connectivity index (χ0v) is 14.4. The van der Waals surface area contributed by atoms with Crippen LogP contribution in [0, 0.1) is 5.82 Å². The minimum Gasteiger partial charge on any atom is -0.444 e. The Morgan fingerprint density at radius 3 is 2.56 bits per heavy atom. The van der Waals surface area contributed by atoms with Gasteiger partial charge in [0.05, 0.1) is 5.56 Å². The van der Waals surface area contributed by atoms with E-state index < -0.39 is 29.1 Å². The number of carbonyl (C=O) groups excluding carboxylic acids is 3. The zero-order chi connectivity index (χ0) is 18.4. The van der Waals surface area contributed by atoms with Crippen molar-refractivity contribution in [1.29, 1.82) is 0 Å². The molecule has 0 spiro atoms. The summed E-state index contributed by atoms with van der Waals surface area (Å²) in [6.07, 6.45) is -0.969. The van der Waals surface area contributed by atoms with Crippen LogP contribution in [0.25, 0.3) is 0 Å². The molecule has 0 saturated carbocycles. The van der Waals surface area contributed by atoms with Gasteiger partial charge in [0.15, 0.2) is 0 Å². The first-order valence-electron chi connectivity index (χ1n) is 6.91. The fraction of sp³-hybridized carbons (Fsp3) is 0.133. The van der Waals surface area contributed by atoms with Gasteiger partial charge >= 0.3 is 6.09 Å². The molecule has 0 radical (unpaired) electrons. The summed E-state index contributed by atoms with van der Waals surface area (Å²) in [5, 5.41) is 5.23. The molecule has 0 aliphatic heterocycles. The number of thiol groups is 1. The average molecular weight is 383 g/mol. The van der Waals surface area contributed by atoms with Crippen LogP contribution in [-0.2, 0) is 16.1 Å². The number of rotatable bonds is 5. The van der Waals surface area contributed by atoms with Crippen molar-refractivity contribution in [2.75, 3.05) is 5.32 Å². The first-order chi connectivity index (χ1) is 11.9. The van der Waals surface area contributed by atoms with Crippen LogP contribution < -0.4 is 16.4 Å². The van der Waals surface area contributed by atoms with Crippen molar-refractivity contribution < 1.29 is 23.5 Å². The van der Waals surface area contributed by atoms with Gasteiger partial charge in [0.25, 0.3) is 11.8 Å². The molecule has 25 heavy (non-hydrogen) atoms. The predicted octanol–water partition coefficient (Wildman–Crippen LogP) is 2.11. The highest BCUT2D eigenvalue weighted by molar-refractivity contribution is 7.81. The van der Waals surface area contributed by atoms with Crippen molar-refractivity contribution in [2.45, 2.75) is 12.0 Å². The molecular weight excluding hydrogens is 369 g/mol. The lowest BCUT2D eigenvalue weighted by Crippen LogP contribution is -2.33. The molecule has 1 aromatic heterocycles. The standard InChI is InChI=1S/C15H14FN3O4S2/c16-9-3-1-8(2-4-9)7-23-15(22)19-12(20)10-5-6-25-14(10)18-13(21)11(17)24/h1-6,11,24H,7,17H2,(H,18,21)(H,19,20,22). The van der Waals surface area contributed by atoms with Crippen LogP contribution in [0.5, 0.6) is 0 Å². The number of nitrogens with one attached hydrogen (secondary N) is 2. The number of alkyl carbamates (subject to hydrolysis) is 1. The lowest BCUT2D eigenvalue weighted by Gasteiger charge is -2.09. The highest BCUT2D eigenvalue weighted by Gasteiger charge is 2.19. The molecule has 0 fully saturated rings. The van der Waals surface area contributed by atoms with Crippen LogP contribution in [0.1, 0.15) is 15.9 Å².